The summed E-state index contributed by atoms with van der Waals surface area (Å²) in [5.41, 5.74) is 0. The first-order valence-electron chi connectivity index (χ1n) is 6.49. The molecule has 96 valence electrons. The minimum Gasteiger partial charge on any atom is -0.493 e. The van der Waals surface area contributed by atoms with E-state index in [9.17, 15) is 0 Å². The molecule has 0 aliphatic rings. The van der Waals surface area contributed by atoms with Crippen LogP contribution in [-0.2, 0) is 4.74 Å². The summed E-state index contributed by atoms with van der Waals surface area (Å²) < 4.78 is 11.2. The lowest BCUT2D eigenvalue weighted by Gasteiger charge is -2.09. The van der Waals surface area contributed by atoms with Gasteiger partial charge in [0.15, 0.2) is 0 Å². The second-order valence-corrected chi connectivity index (χ2v) is 4.63. The van der Waals surface area contributed by atoms with Crippen LogP contribution in [0.5, 0.6) is 5.75 Å². The molecule has 0 radical (unpaired) electrons. The molecular weight excluding hydrogens is 224 g/mol. The van der Waals surface area contributed by atoms with E-state index in [0.29, 0.717) is 12.7 Å². The van der Waals surface area contributed by atoms with E-state index in [-0.39, 0.29) is 0 Å². The Balaban J connectivity index is 1.84. The zero-order chi connectivity index (χ0) is 12.8. The van der Waals surface area contributed by atoms with Crippen LogP contribution < -0.4 is 4.74 Å². The molecule has 0 aliphatic heterocycles. The Morgan fingerprint density at radius 2 is 1.72 bits per heavy atom. The number of ether oxygens (including phenoxy) is 2. The Kier molecular flexibility index (Phi) is 4.59. The highest BCUT2D eigenvalue weighted by Crippen LogP contribution is 2.20. The van der Waals surface area contributed by atoms with E-state index in [1.54, 1.807) is 0 Å². The van der Waals surface area contributed by atoms with Crippen LogP contribution in [0.25, 0.3) is 10.8 Å². The van der Waals surface area contributed by atoms with Crippen molar-refractivity contribution < 1.29 is 9.47 Å². The van der Waals surface area contributed by atoms with Gasteiger partial charge in [0.25, 0.3) is 0 Å². The molecule has 0 spiro atoms. The smallest absolute Gasteiger partial charge is 0.119 e. The zero-order valence-electron chi connectivity index (χ0n) is 11.1. The van der Waals surface area contributed by atoms with Crippen LogP contribution in [0.4, 0.5) is 0 Å². The molecular formula is C16H20O2. The Morgan fingerprint density at radius 3 is 2.50 bits per heavy atom. The maximum absolute atomic E-state index is 5.72. The highest BCUT2D eigenvalue weighted by molar-refractivity contribution is 5.83. The van der Waals surface area contributed by atoms with Gasteiger partial charge >= 0.3 is 0 Å². The lowest BCUT2D eigenvalue weighted by molar-refractivity contribution is 0.0694. The van der Waals surface area contributed by atoms with E-state index in [1.807, 2.05) is 32.0 Å². The van der Waals surface area contributed by atoms with Crippen LogP contribution in [0, 0.1) is 0 Å². The molecule has 0 saturated carbocycles. The third kappa shape index (κ3) is 3.74. The third-order valence-electron chi connectivity index (χ3n) is 2.73. The average Bonchev–Trinajstić information content (AvgIpc) is 2.38. The summed E-state index contributed by atoms with van der Waals surface area (Å²) in [7, 11) is 0. The standard InChI is InChI=1S/C16H20O2/c1-13(2)17-10-5-11-18-16-9-8-14-6-3-4-7-15(14)12-16/h3-4,6-9,12-13H,5,10-11H2,1-2H3. The van der Waals surface area contributed by atoms with Crippen molar-refractivity contribution in [3.05, 3.63) is 42.5 Å². The van der Waals surface area contributed by atoms with Gasteiger partial charge in [-0.25, -0.2) is 0 Å². The van der Waals surface area contributed by atoms with Crippen LogP contribution in [0.15, 0.2) is 42.5 Å². The molecule has 0 heterocycles. The van der Waals surface area contributed by atoms with E-state index in [4.69, 9.17) is 9.47 Å². The lowest BCUT2D eigenvalue weighted by atomic mass is 10.1. The third-order valence-corrected chi connectivity index (χ3v) is 2.73. The van der Waals surface area contributed by atoms with Crippen LogP contribution in [0.3, 0.4) is 0 Å². The molecule has 0 unspecified atom stereocenters. The SMILES string of the molecule is CC(C)OCCCOc1ccc2ccccc2c1. The fourth-order valence-electron chi connectivity index (χ4n) is 1.83. The first-order chi connectivity index (χ1) is 8.75. The van der Waals surface area contributed by atoms with Crippen molar-refractivity contribution in [1.82, 2.24) is 0 Å². The van der Waals surface area contributed by atoms with Gasteiger partial charge in [-0.2, -0.15) is 0 Å². The van der Waals surface area contributed by atoms with Crippen molar-refractivity contribution in [1.29, 1.82) is 0 Å². The highest BCUT2D eigenvalue weighted by atomic mass is 16.5. The summed E-state index contributed by atoms with van der Waals surface area (Å²) in [5, 5.41) is 2.46. The van der Waals surface area contributed by atoms with Crippen molar-refractivity contribution >= 4 is 10.8 Å². The van der Waals surface area contributed by atoms with E-state index in [0.717, 1.165) is 18.8 Å². The van der Waals surface area contributed by atoms with Crippen LogP contribution in [0.2, 0.25) is 0 Å². The highest BCUT2D eigenvalue weighted by Gasteiger charge is 1.98. The van der Waals surface area contributed by atoms with Gasteiger partial charge in [0.05, 0.1) is 19.3 Å². The maximum atomic E-state index is 5.72. The maximum Gasteiger partial charge on any atom is 0.119 e. The summed E-state index contributed by atoms with van der Waals surface area (Å²) in [6, 6.07) is 14.5. The van der Waals surface area contributed by atoms with Crippen molar-refractivity contribution in [2.24, 2.45) is 0 Å². The number of fused-ring (bicyclic) bond motifs is 1. The fraction of sp³-hybridized carbons (Fsp3) is 0.375. The van der Waals surface area contributed by atoms with Gasteiger partial charge in [-0.15, -0.1) is 0 Å². The summed E-state index contributed by atoms with van der Waals surface area (Å²) in [6.07, 6.45) is 1.22. The van der Waals surface area contributed by atoms with Crippen molar-refractivity contribution in [3.63, 3.8) is 0 Å². The van der Waals surface area contributed by atoms with E-state index >= 15 is 0 Å². The van der Waals surface area contributed by atoms with Crippen molar-refractivity contribution in [2.75, 3.05) is 13.2 Å². The summed E-state index contributed by atoms with van der Waals surface area (Å²) in [5.74, 6) is 0.929. The number of benzene rings is 2. The molecule has 0 aliphatic carbocycles. The molecule has 0 amide bonds. The molecule has 0 atom stereocenters. The molecule has 0 saturated heterocycles. The molecule has 2 aromatic rings. The fourth-order valence-corrected chi connectivity index (χ4v) is 1.83. The van der Waals surface area contributed by atoms with E-state index in [2.05, 4.69) is 24.3 Å². The Bertz CT molecular complexity index is 491. The predicted molar refractivity (Wildman–Crippen MR) is 75.1 cm³/mol. The average molecular weight is 244 g/mol. The normalized spacial score (nSPS) is 11.1. The molecule has 0 fully saturated rings. The molecule has 0 N–H and O–H groups in total. The van der Waals surface area contributed by atoms with Crippen molar-refractivity contribution in [3.8, 4) is 5.75 Å². The van der Waals surface area contributed by atoms with E-state index < -0.39 is 0 Å². The second kappa shape index (κ2) is 6.41. The van der Waals surface area contributed by atoms with E-state index in [1.165, 1.54) is 10.8 Å². The minimum atomic E-state index is 0.297. The van der Waals surface area contributed by atoms with Crippen LogP contribution >= 0.6 is 0 Å². The van der Waals surface area contributed by atoms with Crippen LogP contribution in [-0.4, -0.2) is 19.3 Å². The van der Waals surface area contributed by atoms with Gasteiger partial charge in [-0.3, -0.25) is 0 Å². The number of rotatable bonds is 6. The minimum absolute atomic E-state index is 0.297. The Hall–Kier alpha value is -1.54. The molecule has 2 nitrogen and oxygen atoms in total. The number of hydrogen-bond acceptors (Lipinski definition) is 2. The lowest BCUT2D eigenvalue weighted by Crippen LogP contribution is -2.07. The Labute approximate surface area is 109 Å². The topological polar surface area (TPSA) is 18.5 Å². The van der Waals surface area contributed by atoms with Gasteiger partial charge in [0.1, 0.15) is 5.75 Å². The number of hydrogen-bond donors (Lipinski definition) is 0. The van der Waals surface area contributed by atoms with Gasteiger partial charge in [-0.1, -0.05) is 30.3 Å². The molecule has 2 aromatic carbocycles. The molecule has 2 rings (SSSR count). The summed E-state index contributed by atoms with van der Waals surface area (Å²) in [4.78, 5) is 0. The molecule has 2 heteroatoms. The van der Waals surface area contributed by atoms with Crippen molar-refractivity contribution in [2.45, 2.75) is 26.4 Å². The van der Waals surface area contributed by atoms with Gasteiger partial charge in [0, 0.05) is 6.42 Å². The monoisotopic (exact) mass is 244 g/mol. The van der Waals surface area contributed by atoms with Crippen LogP contribution in [0.1, 0.15) is 20.3 Å². The molecule has 18 heavy (non-hydrogen) atoms. The quantitative estimate of drug-likeness (QED) is 0.714. The summed E-state index contributed by atoms with van der Waals surface area (Å²) in [6.45, 7) is 5.55. The first kappa shape index (κ1) is 12.9. The van der Waals surface area contributed by atoms with Gasteiger partial charge < -0.3 is 9.47 Å². The Morgan fingerprint density at radius 1 is 0.944 bits per heavy atom. The second-order valence-electron chi connectivity index (χ2n) is 4.63. The molecule has 0 bridgehead atoms. The largest absolute Gasteiger partial charge is 0.493 e. The zero-order valence-corrected chi connectivity index (χ0v) is 11.1. The predicted octanol–water partition coefficient (Wildman–Crippen LogP) is 4.03. The molecule has 0 aromatic heterocycles. The summed E-state index contributed by atoms with van der Waals surface area (Å²) >= 11 is 0. The van der Waals surface area contributed by atoms with Gasteiger partial charge in [-0.05, 0) is 36.8 Å². The first-order valence-corrected chi connectivity index (χ1v) is 6.49. The van der Waals surface area contributed by atoms with Gasteiger partial charge in [0.2, 0.25) is 0 Å².